The number of allylic oxidation sites excluding steroid dienone is 1. The largest absolute Gasteiger partial charge is 0.465 e. The van der Waals surface area contributed by atoms with Crippen molar-refractivity contribution >= 4 is 17.8 Å². The first-order valence-electron chi connectivity index (χ1n) is 8.41. The normalized spacial score (nSPS) is 19.8. The fourth-order valence-electron chi connectivity index (χ4n) is 2.74. The van der Waals surface area contributed by atoms with Crippen molar-refractivity contribution in [3.8, 4) is 11.8 Å². The molecule has 1 aromatic heterocycles. The molecule has 0 spiro atoms. The quantitative estimate of drug-likeness (QED) is 0.674. The van der Waals surface area contributed by atoms with Crippen molar-refractivity contribution in [2.45, 2.75) is 12.0 Å². The molecule has 1 aliphatic rings. The van der Waals surface area contributed by atoms with Crippen molar-refractivity contribution in [3.05, 3.63) is 77.3 Å². The van der Waals surface area contributed by atoms with Gasteiger partial charge in [-0.25, -0.2) is 0 Å². The molecule has 0 saturated carbocycles. The topological polar surface area (TPSA) is 70.8 Å². The molecule has 1 amide bonds. The number of carbonyl (C=O) groups excluding carboxylic acids is 2. The van der Waals surface area contributed by atoms with Gasteiger partial charge in [0, 0.05) is 37.2 Å². The van der Waals surface area contributed by atoms with Crippen LogP contribution < -0.4 is 0 Å². The zero-order valence-corrected chi connectivity index (χ0v) is 15.1. The fraction of sp³-hybridized carbons (Fsp3) is 0.182. The van der Waals surface area contributed by atoms with E-state index in [4.69, 9.17) is 4.42 Å². The van der Waals surface area contributed by atoms with Crippen LogP contribution in [0.1, 0.15) is 28.1 Å². The van der Waals surface area contributed by atoms with Gasteiger partial charge in [-0.1, -0.05) is 17.9 Å². The average Bonchev–Trinajstić information content (AvgIpc) is 3.26. The molecule has 5 heteroatoms. The summed E-state index contributed by atoms with van der Waals surface area (Å²) in [6.45, 7) is 0. The second-order valence-corrected chi connectivity index (χ2v) is 6.45. The number of hydrogen-bond donors (Lipinski definition) is 1. The minimum Gasteiger partial charge on any atom is -0.465 e. The summed E-state index contributed by atoms with van der Waals surface area (Å²) in [6.07, 6.45) is 5.87. The number of amides is 1. The van der Waals surface area contributed by atoms with Crippen molar-refractivity contribution in [3.63, 3.8) is 0 Å². The Hall–Kier alpha value is -3.36. The van der Waals surface area contributed by atoms with Gasteiger partial charge in [0.05, 0.1) is 6.26 Å². The number of hydrogen-bond acceptors (Lipinski definition) is 4. The van der Waals surface area contributed by atoms with Crippen LogP contribution in [0.25, 0.3) is 6.08 Å². The predicted octanol–water partition coefficient (Wildman–Crippen LogP) is 2.68. The molecule has 1 heterocycles. The number of ketones is 1. The Morgan fingerprint density at radius 1 is 1.30 bits per heavy atom. The highest BCUT2D eigenvalue weighted by molar-refractivity contribution is 6.11. The second kappa shape index (κ2) is 7.48. The monoisotopic (exact) mass is 361 g/mol. The van der Waals surface area contributed by atoms with Gasteiger partial charge in [0.25, 0.3) is 5.91 Å². The Bertz CT molecular complexity index is 987. The zero-order valence-electron chi connectivity index (χ0n) is 15.1. The molecule has 2 aromatic rings. The molecule has 1 N–H and O–H groups in total. The molecular weight excluding hydrogens is 342 g/mol. The van der Waals surface area contributed by atoms with E-state index in [0.29, 0.717) is 16.9 Å². The van der Waals surface area contributed by atoms with Gasteiger partial charge in [-0.3, -0.25) is 9.59 Å². The molecule has 0 bridgehead atoms. The molecular formula is C22H19NO4. The first kappa shape index (κ1) is 18.4. The Kier molecular flexibility index (Phi) is 5.11. The lowest BCUT2D eigenvalue weighted by atomic mass is 9.92. The number of carbonyl (C=O) groups is 2. The SMILES string of the molecule is CN(C)C(=O)c1cccc(C#CCC2(O)C=CC(=O)/C2=C/c2ccco2)c1. The molecule has 1 unspecified atom stereocenters. The Morgan fingerprint density at radius 2 is 2.11 bits per heavy atom. The van der Waals surface area contributed by atoms with Crippen LogP contribution in [0.3, 0.4) is 0 Å². The summed E-state index contributed by atoms with van der Waals surface area (Å²) in [6, 6.07) is 10.4. The van der Waals surface area contributed by atoms with Crippen molar-refractivity contribution < 1.29 is 19.1 Å². The third-order valence-electron chi connectivity index (χ3n) is 4.18. The van der Waals surface area contributed by atoms with Gasteiger partial charge in [0.1, 0.15) is 11.4 Å². The summed E-state index contributed by atoms with van der Waals surface area (Å²) in [7, 11) is 3.37. The maximum Gasteiger partial charge on any atom is 0.253 e. The minimum atomic E-state index is -1.46. The molecule has 1 aromatic carbocycles. The summed E-state index contributed by atoms with van der Waals surface area (Å²) >= 11 is 0. The lowest BCUT2D eigenvalue weighted by molar-refractivity contribution is -0.111. The van der Waals surface area contributed by atoms with Crippen LogP contribution >= 0.6 is 0 Å². The number of furan rings is 1. The third-order valence-corrected chi connectivity index (χ3v) is 4.18. The lowest BCUT2D eigenvalue weighted by Gasteiger charge is -2.19. The van der Waals surface area contributed by atoms with E-state index in [-0.39, 0.29) is 23.7 Å². The first-order chi connectivity index (χ1) is 12.9. The van der Waals surface area contributed by atoms with Crippen LogP contribution in [0, 0.1) is 11.8 Å². The minimum absolute atomic E-state index is 0.0492. The molecule has 27 heavy (non-hydrogen) atoms. The van der Waals surface area contributed by atoms with Crippen LogP contribution in [0.15, 0.2) is 64.8 Å². The van der Waals surface area contributed by atoms with Crippen LogP contribution in [-0.4, -0.2) is 41.4 Å². The first-order valence-corrected chi connectivity index (χ1v) is 8.41. The molecule has 1 atom stereocenters. The Labute approximate surface area is 157 Å². The van der Waals surface area contributed by atoms with Gasteiger partial charge in [-0.05, 0) is 48.6 Å². The lowest BCUT2D eigenvalue weighted by Crippen LogP contribution is -2.27. The summed E-state index contributed by atoms with van der Waals surface area (Å²) in [5.41, 5.74) is -0.0344. The van der Waals surface area contributed by atoms with Crippen LogP contribution in [0.2, 0.25) is 0 Å². The predicted molar refractivity (Wildman–Crippen MR) is 102 cm³/mol. The number of benzene rings is 1. The summed E-state index contributed by atoms with van der Waals surface area (Å²) in [5, 5.41) is 10.8. The van der Waals surface area contributed by atoms with E-state index in [9.17, 15) is 14.7 Å². The van der Waals surface area contributed by atoms with Gasteiger partial charge in [0.2, 0.25) is 0 Å². The van der Waals surface area contributed by atoms with Gasteiger partial charge < -0.3 is 14.4 Å². The van der Waals surface area contributed by atoms with E-state index in [1.54, 1.807) is 50.5 Å². The maximum absolute atomic E-state index is 12.1. The van der Waals surface area contributed by atoms with E-state index >= 15 is 0 Å². The van der Waals surface area contributed by atoms with Gasteiger partial charge in [-0.2, -0.15) is 0 Å². The van der Waals surface area contributed by atoms with Gasteiger partial charge in [-0.15, -0.1) is 0 Å². The van der Waals surface area contributed by atoms with Crippen molar-refractivity contribution in [1.29, 1.82) is 0 Å². The maximum atomic E-state index is 12.1. The molecule has 0 saturated heterocycles. The van der Waals surface area contributed by atoms with Crippen LogP contribution in [0.4, 0.5) is 0 Å². The third kappa shape index (κ3) is 4.08. The standard InChI is InChI=1S/C22H19NO4/c1-23(2)21(25)17-8-3-6-16(14-17)7-4-11-22(26)12-10-20(24)19(22)15-18-9-5-13-27-18/h3,5-6,8-10,12-15,26H,11H2,1-2H3/b19-15-. The van der Waals surface area contributed by atoms with Gasteiger partial charge >= 0.3 is 0 Å². The summed E-state index contributed by atoms with van der Waals surface area (Å²) in [5.74, 6) is 5.97. The highest BCUT2D eigenvalue weighted by Gasteiger charge is 2.36. The Morgan fingerprint density at radius 3 is 2.81 bits per heavy atom. The summed E-state index contributed by atoms with van der Waals surface area (Å²) in [4.78, 5) is 25.6. The molecule has 136 valence electrons. The van der Waals surface area contributed by atoms with E-state index in [1.165, 1.54) is 29.4 Å². The van der Waals surface area contributed by atoms with Crippen molar-refractivity contribution in [1.82, 2.24) is 4.90 Å². The van der Waals surface area contributed by atoms with Crippen molar-refractivity contribution in [2.75, 3.05) is 14.1 Å². The highest BCUT2D eigenvalue weighted by Crippen LogP contribution is 2.31. The number of nitrogens with zero attached hydrogens (tertiary/aromatic N) is 1. The van der Waals surface area contributed by atoms with E-state index in [0.717, 1.165) is 0 Å². The number of aliphatic hydroxyl groups is 1. The highest BCUT2D eigenvalue weighted by atomic mass is 16.3. The smallest absolute Gasteiger partial charge is 0.253 e. The summed E-state index contributed by atoms with van der Waals surface area (Å²) < 4.78 is 5.23. The average molecular weight is 361 g/mol. The molecule has 0 aliphatic heterocycles. The molecule has 0 fully saturated rings. The molecule has 5 nitrogen and oxygen atoms in total. The van der Waals surface area contributed by atoms with Gasteiger partial charge in [0.15, 0.2) is 5.78 Å². The Balaban J connectivity index is 1.81. The second-order valence-electron chi connectivity index (χ2n) is 6.45. The van der Waals surface area contributed by atoms with E-state index in [1.807, 2.05) is 0 Å². The van der Waals surface area contributed by atoms with Crippen LogP contribution in [0.5, 0.6) is 0 Å². The molecule has 3 rings (SSSR count). The zero-order chi connectivity index (χ0) is 19.4. The number of rotatable bonds is 3. The fourth-order valence-corrected chi connectivity index (χ4v) is 2.74. The molecule has 1 aliphatic carbocycles. The molecule has 0 radical (unpaired) electrons. The van der Waals surface area contributed by atoms with E-state index < -0.39 is 5.60 Å². The van der Waals surface area contributed by atoms with Crippen molar-refractivity contribution in [2.24, 2.45) is 0 Å². The van der Waals surface area contributed by atoms with E-state index in [2.05, 4.69) is 11.8 Å². The van der Waals surface area contributed by atoms with Crippen LogP contribution in [-0.2, 0) is 4.79 Å².